The topological polar surface area (TPSA) is 12.0 Å². The molecule has 2 rings (SSSR count). The first-order valence-corrected chi connectivity index (χ1v) is 6.60. The van der Waals surface area contributed by atoms with Crippen LogP contribution in [-0.2, 0) is 6.18 Å². The van der Waals surface area contributed by atoms with Crippen molar-refractivity contribution in [2.45, 2.75) is 18.6 Å². The van der Waals surface area contributed by atoms with Crippen molar-refractivity contribution in [3.05, 3.63) is 78.4 Å². The molecule has 0 aliphatic carbocycles. The molecule has 0 spiro atoms. The van der Waals surface area contributed by atoms with Crippen LogP contribution in [0.1, 0.15) is 23.6 Å². The van der Waals surface area contributed by atoms with Crippen molar-refractivity contribution >= 4 is 5.69 Å². The highest BCUT2D eigenvalue weighted by Crippen LogP contribution is 2.31. The summed E-state index contributed by atoms with van der Waals surface area (Å²) >= 11 is 0. The third-order valence-corrected chi connectivity index (χ3v) is 3.16. The molecule has 0 aromatic heterocycles. The zero-order chi connectivity index (χ0) is 15.3. The van der Waals surface area contributed by atoms with Crippen molar-refractivity contribution in [2.24, 2.45) is 0 Å². The van der Waals surface area contributed by atoms with E-state index >= 15 is 0 Å². The third-order valence-electron chi connectivity index (χ3n) is 3.16. The van der Waals surface area contributed by atoms with Crippen LogP contribution in [0.4, 0.5) is 18.9 Å². The first-order valence-electron chi connectivity index (χ1n) is 6.60. The van der Waals surface area contributed by atoms with Gasteiger partial charge in [0.15, 0.2) is 0 Å². The van der Waals surface area contributed by atoms with Crippen LogP contribution in [0.15, 0.2) is 67.3 Å². The lowest BCUT2D eigenvalue weighted by molar-refractivity contribution is -0.137. The molecule has 0 radical (unpaired) electrons. The normalized spacial score (nSPS) is 12.7. The number of rotatable bonds is 5. The molecule has 1 atom stereocenters. The van der Waals surface area contributed by atoms with Crippen LogP contribution in [0.5, 0.6) is 0 Å². The molecule has 0 amide bonds. The van der Waals surface area contributed by atoms with Crippen LogP contribution in [0, 0.1) is 0 Å². The molecule has 0 aliphatic rings. The van der Waals surface area contributed by atoms with E-state index in [9.17, 15) is 13.2 Å². The SMILES string of the molecule is C=CCC(Nc1ccc(C(F)(F)F)cc1)c1ccccc1. The van der Waals surface area contributed by atoms with Gasteiger partial charge in [-0.2, -0.15) is 13.2 Å². The van der Waals surface area contributed by atoms with Crippen LogP contribution >= 0.6 is 0 Å². The molecule has 21 heavy (non-hydrogen) atoms. The minimum absolute atomic E-state index is 0.0135. The maximum atomic E-state index is 12.5. The average Bonchev–Trinajstić information content (AvgIpc) is 2.47. The molecule has 2 aromatic carbocycles. The first-order chi connectivity index (χ1) is 10.0. The molecule has 0 saturated heterocycles. The van der Waals surface area contributed by atoms with Crippen molar-refractivity contribution in [1.29, 1.82) is 0 Å². The molecule has 0 aliphatic heterocycles. The molecular weight excluding hydrogens is 275 g/mol. The summed E-state index contributed by atoms with van der Waals surface area (Å²) < 4.78 is 37.6. The Kier molecular flexibility index (Phi) is 4.68. The summed E-state index contributed by atoms with van der Waals surface area (Å²) in [5.41, 5.74) is 1.07. The van der Waals surface area contributed by atoms with E-state index in [0.29, 0.717) is 12.1 Å². The van der Waals surface area contributed by atoms with Crippen molar-refractivity contribution in [1.82, 2.24) is 0 Å². The van der Waals surface area contributed by atoms with E-state index in [1.165, 1.54) is 12.1 Å². The minimum Gasteiger partial charge on any atom is -0.378 e. The Bertz CT molecular complexity index is 573. The van der Waals surface area contributed by atoms with Gasteiger partial charge in [0.25, 0.3) is 0 Å². The quantitative estimate of drug-likeness (QED) is 0.724. The van der Waals surface area contributed by atoms with Crippen molar-refractivity contribution in [3.8, 4) is 0 Å². The number of anilines is 1. The number of nitrogens with one attached hydrogen (secondary N) is 1. The Labute approximate surface area is 122 Å². The van der Waals surface area contributed by atoms with E-state index in [0.717, 1.165) is 17.7 Å². The van der Waals surface area contributed by atoms with Gasteiger partial charge in [-0.15, -0.1) is 6.58 Å². The van der Waals surface area contributed by atoms with Gasteiger partial charge >= 0.3 is 6.18 Å². The second-order valence-corrected chi connectivity index (χ2v) is 4.71. The smallest absolute Gasteiger partial charge is 0.378 e. The number of benzene rings is 2. The maximum Gasteiger partial charge on any atom is 0.416 e. The zero-order valence-corrected chi connectivity index (χ0v) is 11.4. The van der Waals surface area contributed by atoms with Crippen LogP contribution in [0.25, 0.3) is 0 Å². The van der Waals surface area contributed by atoms with E-state index in [1.54, 1.807) is 6.08 Å². The Balaban J connectivity index is 2.16. The Morgan fingerprint density at radius 1 is 1.00 bits per heavy atom. The first kappa shape index (κ1) is 15.2. The molecule has 0 heterocycles. The van der Waals surface area contributed by atoms with Crippen LogP contribution in [0.3, 0.4) is 0 Å². The van der Waals surface area contributed by atoms with E-state index < -0.39 is 11.7 Å². The molecule has 0 fully saturated rings. The summed E-state index contributed by atoms with van der Waals surface area (Å²) in [6, 6.07) is 14.8. The lowest BCUT2D eigenvalue weighted by atomic mass is 10.0. The zero-order valence-electron chi connectivity index (χ0n) is 11.4. The fourth-order valence-corrected chi connectivity index (χ4v) is 2.09. The van der Waals surface area contributed by atoms with Gasteiger partial charge in [0.1, 0.15) is 0 Å². The fourth-order valence-electron chi connectivity index (χ4n) is 2.09. The molecule has 0 bridgehead atoms. The highest BCUT2D eigenvalue weighted by molar-refractivity contribution is 5.47. The minimum atomic E-state index is -4.31. The summed E-state index contributed by atoms with van der Waals surface area (Å²) in [6.45, 7) is 3.73. The monoisotopic (exact) mass is 291 g/mol. The summed E-state index contributed by atoms with van der Waals surface area (Å²) in [5, 5.41) is 3.24. The van der Waals surface area contributed by atoms with Crippen LogP contribution < -0.4 is 5.32 Å². The van der Waals surface area contributed by atoms with Gasteiger partial charge in [-0.05, 0) is 36.2 Å². The molecule has 110 valence electrons. The number of alkyl halides is 3. The summed E-state index contributed by atoms with van der Waals surface area (Å²) in [5.74, 6) is 0. The van der Waals surface area contributed by atoms with Crippen molar-refractivity contribution < 1.29 is 13.2 Å². The summed E-state index contributed by atoms with van der Waals surface area (Å²) in [4.78, 5) is 0. The number of halogens is 3. The predicted molar refractivity (Wildman–Crippen MR) is 79.1 cm³/mol. The average molecular weight is 291 g/mol. The molecule has 4 heteroatoms. The van der Waals surface area contributed by atoms with E-state index in [-0.39, 0.29) is 6.04 Å². The Hall–Kier alpha value is -2.23. The highest BCUT2D eigenvalue weighted by atomic mass is 19.4. The second kappa shape index (κ2) is 6.48. The second-order valence-electron chi connectivity index (χ2n) is 4.71. The van der Waals surface area contributed by atoms with Crippen molar-refractivity contribution in [2.75, 3.05) is 5.32 Å². The molecule has 1 nitrogen and oxygen atoms in total. The Morgan fingerprint density at radius 2 is 1.62 bits per heavy atom. The molecule has 1 N–H and O–H groups in total. The molecule has 0 saturated carbocycles. The van der Waals surface area contributed by atoms with Gasteiger partial charge < -0.3 is 5.32 Å². The standard InChI is InChI=1S/C17H16F3N/c1-2-6-16(13-7-4-3-5-8-13)21-15-11-9-14(10-12-15)17(18,19)20/h2-5,7-12,16,21H,1,6H2. The molecule has 2 aromatic rings. The van der Waals surface area contributed by atoms with Gasteiger partial charge in [-0.3, -0.25) is 0 Å². The molecule has 1 unspecified atom stereocenters. The van der Waals surface area contributed by atoms with Crippen molar-refractivity contribution in [3.63, 3.8) is 0 Å². The van der Waals surface area contributed by atoms with Gasteiger partial charge in [0.2, 0.25) is 0 Å². The highest BCUT2D eigenvalue weighted by Gasteiger charge is 2.29. The number of hydrogen-bond donors (Lipinski definition) is 1. The maximum absolute atomic E-state index is 12.5. The lowest BCUT2D eigenvalue weighted by Crippen LogP contribution is -2.10. The molecular formula is C17H16F3N. The fraction of sp³-hybridized carbons (Fsp3) is 0.176. The van der Waals surface area contributed by atoms with Gasteiger partial charge in [0, 0.05) is 5.69 Å². The predicted octanol–water partition coefficient (Wildman–Crippen LogP) is 5.43. The van der Waals surface area contributed by atoms with Gasteiger partial charge in [-0.1, -0.05) is 36.4 Å². The van der Waals surface area contributed by atoms with Crippen LogP contribution in [0.2, 0.25) is 0 Å². The van der Waals surface area contributed by atoms with E-state index in [4.69, 9.17) is 0 Å². The van der Waals surface area contributed by atoms with E-state index in [2.05, 4.69) is 11.9 Å². The third kappa shape index (κ3) is 4.12. The van der Waals surface area contributed by atoms with Gasteiger partial charge in [0.05, 0.1) is 11.6 Å². The number of hydrogen-bond acceptors (Lipinski definition) is 1. The lowest BCUT2D eigenvalue weighted by Gasteiger charge is -2.19. The van der Waals surface area contributed by atoms with E-state index in [1.807, 2.05) is 30.3 Å². The summed E-state index contributed by atoms with van der Waals surface area (Å²) in [6.07, 6.45) is -1.84. The Morgan fingerprint density at radius 3 is 2.14 bits per heavy atom. The van der Waals surface area contributed by atoms with Gasteiger partial charge in [-0.25, -0.2) is 0 Å². The van der Waals surface area contributed by atoms with Crippen LogP contribution in [-0.4, -0.2) is 0 Å². The largest absolute Gasteiger partial charge is 0.416 e. The summed E-state index contributed by atoms with van der Waals surface area (Å²) in [7, 11) is 0.